The van der Waals surface area contributed by atoms with Gasteiger partial charge in [-0.3, -0.25) is 4.79 Å². The fourth-order valence-corrected chi connectivity index (χ4v) is 1.94. The van der Waals surface area contributed by atoms with Crippen LogP contribution in [-0.2, 0) is 9.53 Å². The monoisotopic (exact) mass is 315 g/mol. The van der Waals surface area contributed by atoms with Crippen LogP contribution >= 0.6 is 11.6 Å². The Balaban J connectivity index is 2.11. The first-order chi connectivity index (χ1) is 10.6. The van der Waals surface area contributed by atoms with Crippen LogP contribution in [0.15, 0.2) is 54.6 Å². The molecule has 4 nitrogen and oxygen atoms in total. The van der Waals surface area contributed by atoms with Crippen molar-refractivity contribution in [3.05, 3.63) is 70.8 Å². The largest absolute Gasteiger partial charge is 0.465 e. The second-order valence-electron chi connectivity index (χ2n) is 4.42. The van der Waals surface area contributed by atoms with Gasteiger partial charge in [0.1, 0.15) is 0 Å². The standard InChI is InChI=1S/C17H14ClNO3/c1-22-17(21)13-8-9-14(18)15(11-13)19-16(20)10-7-12-5-3-2-4-6-12/h2-11H,1H3,(H,19,20)/b10-7-. The molecule has 0 aliphatic carbocycles. The van der Waals surface area contributed by atoms with Crippen molar-refractivity contribution in [1.29, 1.82) is 0 Å². The zero-order chi connectivity index (χ0) is 15.9. The van der Waals surface area contributed by atoms with Crippen molar-refractivity contribution < 1.29 is 14.3 Å². The molecule has 112 valence electrons. The Kier molecular flexibility index (Phi) is 5.33. The highest BCUT2D eigenvalue weighted by atomic mass is 35.5. The highest BCUT2D eigenvalue weighted by Gasteiger charge is 2.10. The van der Waals surface area contributed by atoms with Gasteiger partial charge in [-0.05, 0) is 29.8 Å². The third kappa shape index (κ3) is 4.20. The molecule has 0 aromatic heterocycles. The predicted molar refractivity (Wildman–Crippen MR) is 86.9 cm³/mol. The molecule has 0 fully saturated rings. The summed E-state index contributed by atoms with van der Waals surface area (Å²) in [7, 11) is 1.29. The number of halogens is 1. The Morgan fingerprint density at radius 3 is 2.55 bits per heavy atom. The van der Waals surface area contributed by atoms with Gasteiger partial charge in [-0.1, -0.05) is 41.9 Å². The van der Waals surface area contributed by atoms with E-state index in [0.29, 0.717) is 16.3 Å². The molecular formula is C17H14ClNO3. The number of anilines is 1. The number of methoxy groups -OCH3 is 1. The van der Waals surface area contributed by atoms with Crippen molar-refractivity contribution in [2.45, 2.75) is 0 Å². The summed E-state index contributed by atoms with van der Waals surface area (Å²) in [5.41, 5.74) is 1.58. The van der Waals surface area contributed by atoms with Gasteiger partial charge in [0.15, 0.2) is 0 Å². The van der Waals surface area contributed by atoms with Crippen molar-refractivity contribution in [3.63, 3.8) is 0 Å². The average molecular weight is 316 g/mol. The molecule has 2 rings (SSSR count). The van der Waals surface area contributed by atoms with E-state index >= 15 is 0 Å². The minimum Gasteiger partial charge on any atom is -0.465 e. The summed E-state index contributed by atoms with van der Waals surface area (Å²) in [5.74, 6) is -0.834. The summed E-state index contributed by atoms with van der Waals surface area (Å²) in [6, 6.07) is 14.0. The lowest BCUT2D eigenvalue weighted by atomic mass is 10.2. The lowest BCUT2D eigenvalue weighted by Crippen LogP contribution is -2.09. The lowest BCUT2D eigenvalue weighted by molar-refractivity contribution is -0.111. The van der Waals surface area contributed by atoms with Crippen LogP contribution in [0.4, 0.5) is 5.69 Å². The minimum atomic E-state index is -0.494. The molecule has 5 heteroatoms. The van der Waals surface area contributed by atoms with Crippen LogP contribution in [0.25, 0.3) is 6.08 Å². The number of hydrogen-bond acceptors (Lipinski definition) is 3. The van der Waals surface area contributed by atoms with Crippen molar-refractivity contribution in [2.75, 3.05) is 12.4 Å². The average Bonchev–Trinajstić information content (AvgIpc) is 2.55. The van der Waals surface area contributed by atoms with Gasteiger partial charge in [-0.25, -0.2) is 4.79 Å². The highest BCUT2D eigenvalue weighted by Crippen LogP contribution is 2.23. The number of ether oxygens (including phenoxy) is 1. The first-order valence-corrected chi connectivity index (χ1v) is 6.90. The molecule has 0 radical (unpaired) electrons. The van der Waals surface area contributed by atoms with Gasteiger partial charge in [0.2, 0.25) is 5.91 Å². The normalized spacial score (nSPS) is 10.5. The van der Waals surface area contributed by atoms with E-state index in [1.165, 1.54) is 31.4 Å². The molecule has 0 saturated carbocycles. The first kappa shape index (κ1) is 15.8. The molecule has 2 aromatic rings. The zero-order valence-corrected chi connectivity index (χ0v) is 12.6. The summed E-state index contributed by atoms with van der Waals surface area (Å²) in [4.78, 5) is 23.4. The number of hydrogen-bond donors (Lipinski definition) is 1. The van der Waals surface area contributed by atoms with Crippen LogP contribution in [0, 0.1) is 0 Å². The third-order valence-corrected chi connectivity index (χ3v) is 3.20. The number of nitrogens with one attached hydrogen (secondary N) is 1. The molecule has 1 N–H and O–H groups in total. The smallest absolute Gasteiger partial charge is 0.337 e. The van der Waals surface area contributed by atoms with E-state index in [1.807, 2.05) is 30.3 Å². The van der Waals surface area contributed by atoms with Gasteiger partial charge < -0.3 is 10.1 Å². The van der Waals surface area contributed by atoms with Crippen molar-refractivity contribution >= 4 is 35.2 Å². The van der Waals surface area contributed by atoms with Crippen LogP contribution < -0.4 is 5.32 Å². The van der Waals surface area contributed by atoms with Gasteiger partial charge in [0.05, 0.1) is 23.4 Å². The van der Waals surface area contributed by atoms with Gasteiger partial charge in [0, 0.05) is 6.08 Å². The molecule has 0 heterocycles. The number of benzene rings is 2. The fourth-order valence-electron chi connectivity index (χ4n) is 1.78. The molecule has 0 spiro atoms. The minimum absolute atomic E-state index is 0.314. The number of carbonyl (C=O) groups is 2. The molecular weight excluding hydrogens is 302 g/mol. The molecule has 2 aromatic carbocycles. The SMILES string of the molecule is COC(=O)c1ccc(Cl)c(NC(=O)/C=C\c2ccccc2)c1. The van der Waals surface area contributed by atoms with Crippen LogP contribution in [0.5, 0.6) is 0 Å². The maximum Gasteiger partial charge on any atom is 0.337 e. The molecule has 0 unspecified atom stereocenters. The second-order valence-corrected chi connectivity index (χ2v) is 4.83. The van der Waals surface area contributed by atoms with Gasteiger partial charge in [-0.2, -0.15) is 0 Å². The van der Waals surface area contributed by atoms with E-state index in [0.717, 1.165) is 5.56 Å². The second kappa shape index (κ2) is 7.43. The van der Waals surface area contributed by atoms with Crippen LogP contribution in [-0.4, -0.2) is 19.0 Å². The summed E-state index contributed by atoms with van der Waals surface area (Å²) in [5, 5.41) is 2.98. The number of esters is 1. The maximum absolute atomic E-state index is 11.9. The van der Waals surface area contributed by atoms with Gasteiger partial charge >= 0.3 is 5.97 Å². The Morgan fingerprint density at radius 1 is 1.14 bits per heavy atom. The highest BCUT2D eigenvalue weighted by molar-refractivity contribution is 6.34. The van der Waals surface area contributed by atoms with E-state index in [1.54, 1.807) is 6.08 Å². The number of amides is 1. The van der Waals surface area contributed by atoms with Gasteiger partial charge in [0.25, 0.3) is 0 Å². The topological polar surface area (TPSA) is 55.4 Å². The van der Waals surface area contributed by atoms with Crippen LogP contribution in [0.1, 0.15) is 15.9 Å². The number of carbonyl (C=O) groups excluding carboxylic acids is 2. The fraction of sp³-hybridized carbons (Fsp3) is 0.0588. The summed E-state index contributed by atoms with van der Waals surface area (Å²) in [6.45, 7) is 0. The van der Waals surface area contributed by atoms with Gasteiger partial charge in [-0.15, -0.1) is 0 Å². The molecule has 0 saturated heterocycles. The zero-order valence-electron chi connectivity index (χ0n) is 11.9. The lowest BCUT2D eigenvalue weighted by Gasteiger charge is -2.07. The molecule has 0 aliphatic heterocycles. The number of rotatable bonds is 4. The molecule has 1 amide bonds. The molecule has 0 aliphatic rings. The van der Waals surface area contributed by atoms with Crippen LogP contribution in [0.2, 0.25) is 5.02 Å². The van der Waals surface area contributed by atoms with E-state index in [4.69, 9.17) is 11.6 Å². The Morgan fingerprint density at radius 2 is 1.86 bits per heavy atom. The Labute approximate surface area is 133 Å². The predicted octanol–water partition coefficient (Wildman–Crippen LogP) is 3.78. The molecule has 0 atom stereocenters. The molecule has 22 heavy (non-hydrogen) atoms. The van der Waals surface area contributed by atoms with E-state index in [9.17, 15) is 9.59 Å². The van der Waals surface area contributed by atoms with Crippen molar-refractivity contribution in [1.82, 2.24) is 0 Å². The summed E-state index contributed by atoms with van der Waals surface area (Å²) < 4.78 is 4.63. The third-order valence-electron chi connectivity index (χ3n) is 2.87. The van der Waals surface area contributed by atoms with E-state index < -0.39 is 5.97 Å². The summed E-state index contributed by atoms with van der Waals surface area (Å²) in [6.07, 6.45) is 3.09. The van der Waals surface area contributed by atoms with E-state index in [-0.39, 0.29) is 5.91 Å². The maximum atomic E-state index is 11.9. The molecule has 0 bridgehead atoms. The first-order valence-electron chi connectivity index (χ1n) is 6.52. The Bertz CT molecular complexity index is 711. The van der Waals surface area contributed by atoms with Crippen LogP contribution in [0.3, 0.4) is 0 Å². The van der Waals surface area contributed by atoms with Crippen molar-refractivity contribution in [2.24, 2.45) is 0 Å². The summed E-state index contributed by atoms with van der Waals surface area (Å²) >= 11 is 6.01. The van der Waals surface area contributed by atoms with E-state index in [2.05, 4.69) is 10.1 Å². The Hall–Kier alpha value is -2.59. The quantitative estimate of drug-likeness (QED) is 0.690. The van der Waals surface area contributed by atoms with Crippen molar-refractivity contribution in [3.8, 4) is 0 Å².